The molecule has 1 aromatic carbocycles. The Kier molecular flexibility index (Phi) is 5.57. The minimum absolute atomic E-state index is 0.120. The molecule has 23 heavy (non-hydrogen) atoms. The van der Waals surface area contributed by atoms with E-state index in [4.69, 9.17) is 4.74 Å². The lowest BCUT2D eigenvalue weighted by Crippen LogP contribution is -2.36. The van der Waals surface area contributed by atoms with Crippen LogP contribution in [0.4, 0.5) is 4.79 Å². The van der Waals surface area contributed by atoms with Crippen LogP contribution in [0.15, 0.2) is 36.5 Å². The summed E-state index contributed by atoms with van der Waals surface area (Å²) >= 11 is 0. The van der Waals surface area contributed by atoms with Crippen molar-refractivity contribution in [1.82, 2.24) is 15.2 Å². The Hall–Kier alpha value is -2.56. The van der Waals surface area contributed by atoms with Gasteiger partial charge in [0.1, 0.15) is 5.75 Å². The number of nitrogens with one attached hydrogen (secondary N) is 1. The van der Waals surface area contributed by atoms with Crippen molar-refractivity contribution >= 4 is 6.03 Å². The second-order valence-corrected chi connectivity index (χ2v) is 5.57. The molecule has 0 bridgehead atoms. The molecule has 0 aliphatic carbocycles. The van der Waals surface area contributed by atoms with Crippen LogP contribution >= 0.6 is 0 Å². The van der Waals surface area contributed by atoms with E-state index < -0.39 is 0 Å². The third-order valence-electron chi connectivity index (χ3n) is 3.84. The molecule has 0 spiro atoms. The fourth-order valence-electron chi connectivity index (χ4n) is 2.34. The zero-order valence-electron chi connectivity index (χ0n) is 14.1. The fraction of sp³-hybridized carbons (Fsp3) is 0.333. The van der Waals surface area contributed by atoms with E-state index in [1.807, 2.05) is 18.2 Å². The maximum atomic E-state index is 12.2. The quantitative estimate of drug-likeness (QED) is 0.923. The van der Waals surface area contributed by atoms with Crippen molar-refractivity contribution in [3.05, 3.63) is 58.9 Å². The zero-order valence-corrected chi connectivity index (χ0v) is 14.1. The summed E-state index contributed by atoms with van der Waals surface area (Å²) in [4.78, 5) is 18.1. The first-order valence-corrected chi connectivity index (χ1v) is 7.54. The maximum Gasteiger partial charge on any atom is 0.317 e. The molecule has 1 aromatic heterocycles. The number of aryl methyl sites for hydroxylation is 2. The SMILES string of the molecule is COc1ccc(CNC(=O)N(C)Cc2c(C)cccc2C)nc1. The number of urea groups is 1. The Balaban J connectivity index is 1.92. The van der Waals surface area contributed by atoms with Gasteiger partial charge in [0.2, 0.25) is 0 Å². The van der Waals surface area contributed by atoms with Gasteiger partial charge in [0, 0.05) is 13.6 Å². The molecule has 2 rings (SSSR count). The van der Waals surface area contributed by atoms with E-state index in [-0.39, 0.29) is 6.03 Å². The number of pyridine rings is 1. The van der Waals surface area contributed by atoms with E-state index in [0.717, 1.165) is 5.69 Å². The van der Waals surface area contributed by atoms with Crippen molar-refractivity contribution in [3.8, 4) is 5.75 Å². The average molecular weight is 313 g/mol. The van der Waals surface area contributed by atoms with Gasteiger partial charge in [0.15, 0.2) is 0 Å². The molecule has 0 aliphatic rings. The van der Waals surface area contributed by atoms with Gasteiger partial charge < -0.3 is 15.0 Å². The van der Waals surface area contributed by atoms with Gasteiger partial charge in [0.05, 0.1) is 25.5 Å². The summed E-state index contributed by atoms with van der Waals surface area (Å²) in [6.45, 7) is 5.10. The number of benzene rings is 1. The van der Waals surface area contributed by atoms with E-state index >= 15 is 0 Å². The second-order valence-electron chi connectivity index (χ2n) is 5.57. The minimum atomic E-state index is -0.120. The van der Waals surface area contributed by atoms with Gasteiger partial charge >= 0.3 is 6.03 Å². The number of carbonyl (C=O) groups excluding carboxylic acids is 1. The summed E-state index contributed by atoms with van der Waals surface area (Å²) in [5, 5.41) is 2.88. The highest BCUT2D eigenvalue weighted by Gasteiger charge is 2.11. The fourth-order valence-corrected chi connectivity index (χ4v) is 2.34. The molecule has 0 fully saturated rings. The molecule has 1 heterocycles. The van der Waals surface area contributed by atoms with Crippen LogP contribution in [0.5, 0.6) is 5.75 Å². The van der Waals surface area contributed by atoms with E-state index in [1.165, 1.54) is 16.7 Å². The van der Waals surface area contributed by atoms with E-state index in [0.29, 0.717) is 18.8 Å². The van der Waals surface area contributed by atoms with Gasteiger partial charge in [-0.05, 0) is 42.7 Å². The second kappa shape index (κ2) is 7.63. The number of amides is 2. The predicted molar refractivity (Wildman–Crippen MR) is 90.4 cm³/mol. The van der Waals surface area contributed by atoms with Crippen LogP contribution in [0.1, 0.15) is 22.4 Å². The van der Waals surface area contributed by atoms with Crippen molar-refractivity contribution in [2.75, 3.05) is 14.2 Å². The third-order valence-corrected chi connectivity index (χ3v) is 3.84. The number of hydrogen-bond donors (Lipinski definition) is 1. The van der Waals surface area contributed by atoms with Crippen molar-refractivity contribution in [2.24, 2.45) is 0 Å². The van der Waals surface area contributed by atoms with Gasteiger partial charge in [-0.3, -0.25) is 4.98 Å². The Morgan fingerprint density at radius 3 is 2.48 bits per heavy atom. The van der Waals surface area contributed by atoms with E-state index in [9.17, 15) is 4.79 Å². The lowest BCUT2D eigenvalue weighted by molar-refractivity contribution is 0.206. The number of hydrogen-bond acceptors (Lipinski definition) is 3. The zero-order chi connectivity index (χ0) is 16.8. The molecular weight excluding hydrogens is 290 g/mol. The Bertz CT molecular complexity index is 648. The molecule has 0 unspecified atom stereocenters. The summed E-state index contributed by atoms with van der Waals surface area (Å²) in [6, 6.07) is 9.71. The molecule has 0 saturated carbocycles. The summed E-state index contributed by atoms with van der Waals surface area (Å²) in [5.41, 5.74) is 4.37. The van der Waals surface area contributed by atoms with Crippen LogP contribution in [-0.4, -0.2) is 30.1 Å². The first-order chi connectivity index (χ1) is 11.0. The highest BCUT2D eigenvalue weighted by atomic mass is 16.5. The highest BCUT2D eigenvalue weighted by molar-refractivity contribution is 5.73. The number of nitrogens with zero attached hydrogens (tertiary/aromatic N) is 2. The van der Waals surface area contributed by atoms with Gasteiger partial charge in [-0.2, -0.15) is 0 Å². The summed E-state index contributed by atoms with van der Waals surface area (Å²) in [5.74, 6) is 0.701. The highest BCUT2D eigenvalue weighted by Crippen LogP contribution is 2.15. The molecule has 0 radical (unpaired) electrons. The smallest absolute Gasteiger partial charge is 0.317 e. The van der Waals surface area contributed by atoms with Gasteiger partial charge in [0.25, 0.3) is 0 Å². The van der Waals surface area contributed by atoms with Gasteiger partial charge in [-0.25, -0.2) is 4.79 Å². The molecule has 0 atom stereocenters. The summed E-state index contributed by atoms with van der Waals surface area (Å²) in [7, 11) is 3.39. The van der Waals surface area contributed by atoms with Crippen LogP contribution in [0.25, 0.3) is 0 Å². The molecular formula is C18H23N3O2. The lowest BCUT2D eigenvalue weighted by atomic mass is 10.0. The van der Waals surface area contributed by atoms with E-state index in [1.54, 1.807) is 25.3 Å². The van der Waals surface area contributed by atoms with Crippen molar-refractivity contribution in [3.63, 3.8) is 0 Å². The maximum absolute atomic E-state index is 12.2. The number of rotatable bonds is 5. The monoisotopic (exact) mass is 313 g/mol. The number of ether oxygens (including phenoxy) is 1. The summed E-state index contributed by atoms with van der Waals surface area (Å²) < 4.78 is 5.06. The molecule has 5 heteroatoms. The predicted octanol–water partition coefficient (Wildman–Crippen LogP) is 3.05. The van der Waals surface area contributed by atoms with Crippen molar-refractivity contribution in [1.29, 1.82) is 0 Å². The first kappa shape index (κ1) is 16.8. The number of carbonyl (C=O) groups is 1. The van der Waals surface area contributed by atoms with Crippen molar-refractivity contribution < 1.29 is 9.53 Å². The van der Waals surface area contributed by atoms with Gasteiger partial charge in [-0.15, -0.1) is 0 Å². The number of aromatic nitrogens is 1. The first-order valence-electron chi connectivity index (χ1n) is 7.54. The Morgan fingerprint density at radius 2 is 1.91 bits per heavy atom. The van der Waals surface area contributed by atoms with Crippen LogP contribution in [0, 0.1) is 13.8 Å². The molecule has 1 N–H and O–H groups in total. The van der Waals surface area contributed by atoms with Crippen LogP contribution in [-0.2, 0) is 13.1 Å². The average Bonchev–Trinajstić information content (AvgIpc) is 2.56. The van der Waals surface area contributed by atoms with Crippen LogP contribution in [0.2, 0.25) is 0 Å². The molecule has 122 valence electrons. The van der Waals surface area contributed by atoms with Crippen LogP contribution < -0.4 is 10.1 Å². The minimum Gasteiger partial charge on any atom is -0.495 e. The largest absolute Gasteiger partial charge is 0.495 e. The Labute approximate surface area is 137 Å². The normalized spacial score (nSPS) is 10.3. The third kappa shape index (κ3) is 4.45. The standard InChI is InChI=1S/C18H23N3O2/c1-13-6-5-7-14(2)17(13)12-21(3)18(22)20-10-15-8-9-16(23-4)11-19-15/h5-9,11H,10,12H2,1-4H3,(H,20,22). The number of methoxy groups -OCH3 is 1. The molecule has 2 aromatic rings. The Morgan fingerprint density at radius 1 is 1.22 bits per heavy atom. The molecule has 0 saturated heterocycles. The molecule has 0 aliphatic heterocycles. The van der Waals surface area contributed by atoms with E-state index in [2.05, 4.69) is 36.3 Å². The molecule has 2 amide bonds. The lowest BCUT2D eigenvalue weighted by Gasteiger charge is -2.20. The topological polar surface area (TPSA) is 54.5 Å². The van der Waals surface area contributed by atoms with Crippen molar-refractivity contribution in [2.45, 2.75) is 26.9 Å². The molecule has 5 nitrogen and oxygen atoms in total. The summed E-state index contributed by atoms with van der Waals surface area (Å²) in [6.07, 6.45) is 1.64. The van der Waals surface area contributed by atoms with Gasteiger partial charge in [-0.1, -0.05) is 18.2 Å². The van der Waals surface area contributed by atoms with Crippen LogP contribution in [0.3, 0.4) is 0 Å².